The van der Waals surface area contributed by atoms with Crippen LogP contribution < -0.4 is 9.47 Å². The van der Waals surface area contributed by atoms with Gasteiger partial charge in [-0.25, -0.2) is 0 Å². The molecule has 0 aromatic heterocycles. The molecule has 25 heavy (non-hydrogen) atoms. The molecule has 1 atom stereocenters. The molecule has 128 valence electrons. The molecule has 1 aliphatic rings. The van der Waals surface area contributed by atoms with Crippen LogP contribution in [0, 0.1) is 0 Å². The lowest BCUT2D eigenvalue weighted by molar-refractivity contribution is 0.0555. The van der Waals surface area contributed by atoms with Crippen molar-refractivity contribution in [3.05, 3.63) is 59.2 Å². The maximum Gasteiger partial charge on any atom is 0.262 e. The van der Waals surface area contributed by atoms with Crippen molar-refractivity contribution in [2.45, 2.75) is 13.0 Å². The van der Waals surface area contributed by atoms with E-state index >= 15 is 0 Å². The van der Waals surface area contributed by atoms with Gasteiger partial charge in [-0.1, -0.05) is 12.1 Å². The quantitative estimate of drug-likeness (QED) is 0.618. The summed E-state index contributed by atoms with van der Waals surface area (Å²) in [5.74, 6) is -0.366. The van der Waals surface area contributed by atoms with Crippen molar-refractivity contribution in [3.63, 3.8) is 0 Å². The van der Waals surface area contributed by atoms with Crippen molar-refractivity contribution in [1.82, 2.24) is 4.90 Å². The van der Waals surface area contributed by atoms with Crippen LogP contribution in [-0.4, -0.2) is 42.8 Å². The van der Waals surface area contributed by atoms with E-state index in [-0.39, 0.29) is 5.78 Å². The highest BCUT2D eigenvalue weighted by atomic mass is 16.5. The van der Waals surface area contributed by atoms with Gasteiger partial charge in [0.15, 0.2) is 17.3 Å². The number of fused-ring (bicyclic) bond motifs is 1. The largest absolute Gasteiger partial charge is 0.493 e. The van der Waals surface area contributed by atoms with Gasteiger partial charge in [0.05, 0.1) is 25.3 Å². The number of imide groups is 1. The Bertz CT molecular complexity index is 839. The van der Waals surface area contributed by atoms with Gasteiger partial charge >= 0.3 is 0 Å². The summed E-state index contributed by atoms with van der Waals surface area (Å²) in [5, 5.41) is 0. The smallest absolute Gasteiger partial charge is 0.262 e. The molecule has 0 saturated carbocycles. The zero-order valence-electron chi connectivity index (χ0n) is 14.1. The maximum absolute atomic E-state index is 12.8. The fourth-order valence-corrected chi connectivity index (χ4v) is 2.91. The number of ether oxygens (including phenoxy) is 2. The van der Waals surface area contributed by atoms with Crippen LogP contribution in [-0.2, 0) is 0 Å². The molecule has 2 amide bonds. The van der Waals surface area contributed by atoms with Gasteiger partial charge in [-0.2, -0.15) is 0 Å². The topological polar surface area (TPSA) is 72.9 Å². The fourth-order valence-electron chi connectivity index (χ4n) is 2.91. The molecule has 0 fully saturated rings. The number of rotatable bonds is 5. The van der Waals surface area contributed by atoms with Crippen LogP contribution in [0.15, 0.2) is 42.5 Å². The third kappa shape index (κ3) is 2.65. The second kappa shape index (κ2) is 6.39. The molecule has 0 saturated heterocycles. The van der Waals surface area contributed by atoms with Gasteiger partial charge in [0, 0.05) is 5.56 Å². The van der Waals surface area contributed by atoms with Crippen LogP contribution in [0.1, 0.15) is 38.0 Å². The van der Waals surface area contributed by atoms with Crippen LogP contribution in [0.25, 0.3) is 0 Å². The Morgan fingerprint density at radius 1 is 0.920 bits per heavy atom. The molecule has 0 unspecified atom stereocenters. The Kier molecular flexibility index (Phi) is 4.27. The number of ketones is 1. The van der Waals surface area contributed by atoms with E-state index in [4.69, 9.17) is 9.47 Å². The van der Waals surface area contributed by atoms with Crippen molar-refractivity contribution in [2.75, 3.05) is 14.2 Å². The summed E-state index contributed by atoms with van der Waals surface area (Å²) in [4.78, 5) is 38.8. The lowest BCUT2D eigenvalue weighted by atomic mass is 10.0. The molecule has 2 aromatic carbocycles. The molecule has 1 heterocycles. The Balaban J connectivity index is 1.92. The Morgan fingerprint density at radius 3 is 2.00 bits per heavy atom. The average molecular weight is 339 g/mol. The molecule has 6 nitrogen and oxygen atoms in total. The highest BCUT2D eigenvalue weighted by Crippen LogP contribution is 2.30. The zero-order chi connectivity index (χ0) is 18.1. The number of carbonyl (C=O) groups excluding carboxylic acids is 3. The monoisotopic (exact) mass is 339 g/mol. The first-order chi connectivity index (χ1) is 12.0. The summed E-state index contributed by atoms with van der Waals surface area (Å²) in [7, 11) is 2.97. The summed E-state index contributed by atoms with van der Waals surface area (Å²) in [6.07, 6.45) is 0. The highest BCUT2D eigenvalue weighted by Gasteiger charge is 2.40. The molecule has 0 bridgehead atoms. The van der Waals surface area contributed by atoms with Gasteiger partial charge in [0.25, 0.3) is 11.8 Å². The molecule has 0 spiro atoms. The lowest BCUT2D eigenvalue weighted by Gasteiger charge is -2.21. The van der Waals surface area contributed by atoms with E-state index < -0.39 is 17.9 Å². The van der Waals surface area contributed by atoms with Gasteiger partial charge in [0.1, 0.15) is 6.04 Å². The van der Waals surface area contributed by atoms with Gasteiger partial charge in [-0.15, -0.1) is 0 Å². The van der Waals surface area contributed by atoms with Crippen molar-refractivity contribution < 1.29 is 23.9 Å². The van der Waals surface area contributed by atoms with E-state index in [1.54, 1.807) is 43.3 Å². The van der Waals surface area contributed by atoms with E-state index in [1.807, 2.05) is 0 Å². The van der Waals surface area contributed by atoms with E-state index in [0.29, 0.717) is 28.2 Å². The maximum atomic E-state index is 12.8. The second-order valence-electron chi connectivity index (χ2n) is 5.64. The van der Waals surface area contributed by atoms with Crippen molar-refractivity contribution in [1.29, 1.82) is 0 Å². The van der Waals surface area contributed by atoms with Gasteiger partial charge < -0.3 is 9.47 Å². The fraction of sp³-hybridized carbons (Fsp3) is 0.211. The van der Waals surface area contributed by atoms with Crippen molar-refractivity contribution in [3.8, 4) is 11.5 Å². The average Bonchev–Trinajstić information content (AvgIpc) is 2.91. The molecule has 2 aromatic rings. The number of Topliss-reactive ketones (excluding diaryl/α,β-unsaturated/α-hetero) is 1. The summed E-state index contributed by atoms with van der Waals surface area (Å²) >= 11 is 0. The van der Waals surface area contributed by atoms with Crippen LogP contribution in [0.4, 0.5) is 0 Å². The number of methoxy groups -OCH3 is 2. The minimum absolute atomic E-state index is 0.319. The van der Waals surface area contributed by atoms with Gasteiger partial charge in [0.2, 0.25) is 0 Å². The summed E-state index contributed by atoms with van der Waals surface area (Å²) in [6, 6.07) is 10.4. The van der Waals surface area contributed by atoms with Crippen LogP contribution in [0.2, 0.25) is 0 Å². The number of amides is 2. The number of nitrogens with zero attached hydrogens (tertiary/aromatic N) is 1. The van der Waals surface area contributed by atoms with E-state index in [1.165, 1.54) is 20.3 Å². The standard InChI is InChI=1S/C19H17NO5/c1-11(17(21)12-8-9-15(24-2)16(10-12)25-3)20-18(22)13-6-4-5-7-14(13)19(20)23/h4-11H,1-3H3/t11-/m0/s1. The Morgan fingerprint density at radius 2 is 1.48 bits per heavy atom. The zero-order valence-corrected chi connectivity index (χ0v) is 14.1. The van der Waals surface area contributed by atoms with Crippen molar-refractivity contribution in [2.24, 2.45) is 0 Å². The molecule has 0 radical (unpaired) electrons. The minimum atomic E-state index is -0.925. The molecule has 0 aliphatic carbocycles. The van der Waals surface area contributed by atoms with Crippen molar-refractivity contribution >= 4 is 17.6 Å². The molecular formula is C19H17NO5. The normalized spacial score (nSPS) is 14.3. The first kappa shape index (κ1) is 16.7. The summed E-state index contributed by atoms with van der Waals surface area (Å²) in [6.45, 7) is 1.54. The van der Waals surface area contributed by atoms with Gasteiger partial charge in [-0.3, -0.25) is 19.3 Å². The molecular weight excluding hydrogens is 322 g/mol. The molecule has 3 rings (SSSR count). The minimum Gasteiger partial charge on any atom is -0.493 e. The third-order valence-corrected chi connectivity index (χ3v) is 4.26. The summed E-state index contributed by atoms with van der Waals surface area (Å²) in [5.41, 5.74) is 0.973. The van der Waals surface area contributed by atoms with E-state index in [9.17, 15) is 14.4 Å². The second-order valence-corrected chi connectivity index (χ2v) is 5.64. The number of hydrogen-bond acceptors (Lipinski definition) is 5. The molecule has 0 N–H and O–H groups in total. The highest BCUT2D eigenvalue weighted by molar-refractivity contribution is 6.23. The van der Waals surface area contributed by atoms with Crippen LogP contribution >= 0.6 is 0 Å². The predicted molar refractivity (Wildman–Crippen MR) is 90.3 cm³/mol. The molecule has 6 heteroatoms. The van der Waals surface area contributed by atoms with E-state index in [0.717, 1.165) is 4.90 Å². The van der Waals surface area contributed by atoms with E-state index in [2.05, 4.69) is 0 Å². The van der Waals surface area contributed by atoms with Gasteiger partial charge in [-0.05, 0) is 37.3 Å². The first-order valence-corrected chi connectivity index (χ1v) is 7.72. The SMILES string of the molecule is COc1ccc(C(=O)[C@H](C)N2C(=O)c3ccccc3C2=O)cc1OC. The first-order valence-electron chi connectivity index (χ1n) is 7.72. The third-order valence-electron chi connectivity index (χ3n) is 4.26. The molecule has 1 aliphatic heterocycles. The predicted octanol–water partition coefficient (Wildman–Crippen LogP) is 2.57. The number of benzene rings is 2. The van der Waals surface area contributed by atoms with Crippen LogP contribution in [0.5, 0.6) is 11.5 Å². The lowest BCUT2D eigenvalue weighted by Crippen LogP contribution is -2.42. The number of carbonyl (C=O) groups is 3. The Hall–Kier alpha value is -3.15. The Labute approximate surface area is 145 Å². The number of hydrogen-bond donors (Lipinski definition) is 0. The summed E-state index contributed by atoms with van der Waals surface area (Å²) < 4.78 is 10.4. The van der Waals surface area contributed by atoms with Crippen LogP contribution in [0.3, 0.4) is 0 Å².